The van der Waals surface area contributed by atoms with E-state index in [1.54, 1.807) is 6.92 Å². The van der Waals surface area contributed by atoms with E-state index in [-0.39, 0.29) is 28.5 Å². The zero-order valence-electron chi connectivity index (χ0n) is 13.2. The van der Waals surface area contributed by atoms with Crippen molar-refractivity contribution in [3.63, 3.8) is 0 Å². The van der Waals surface area contributed by atoms with E-state index in [1.165, 1.54) is 7.11 Å². The highest BCUT2D eigenvalue weighted by molar-refractivity contribution is 5.76. The van der Waals surface area contributed by atoms with Crippen molar-refractivity contribution in [3.05, 3.63) is 0 Å². The standard InChI is InChI=1S/C16H26O4/c1-13(2)7-6-8-14(3)11(12(17)19-5)15(4,18)9-10-16(13,14)20-10/h10-11,18H,6-9H2,1-5H3/t10-,11+,14+,15+,16+/m0/s1. The van der Waals surface area contributed by atoms with E-state index in [4.69, 9.17) is 9.47 Å². The summed E-state index contributed by atoms with van der Waals surface area (Å²) in [6.45, 7) is 8.34. The molecule has 0 aromatic heterocycles. The molecule has 0 amide bonds. The van der Waals surface area contributed by atoms with Gasteiger partial charge in [-0.25, -0.2) is 0 Å². The molecule has 1 aliphatic heterocycles. The number of ether oxygens (including phenoxy) is 2. The van der Waals surface area contributed by atoms with Crippen LogP contribution >= 0.6 is 0 Å². The maximum Gasteiger partial charge on any atom is 0.312 e. The van der Waals surface area contributed by atoms with E-state index in [2.05, 4.69) is 20.8 Å². The molecule has 3 fully saturated rings. The highest BCUT2D eigenvalue weighted by Crippen LogP contribution is 2.73. The van der Waals surface area contributed by atoms with Crippen LogP contribution in [0.4, 0.5) is 0 Å². The topological polar surface area (TPSA) is 59.1 Å². The molecule has 4 heteroatoms. The summed E-state index contributed by atoms with van der Waals surface area (Å²) >= 11 is 0. The van der Waals surface area contributed by atoms with Crippen LogP contribution in [0.2, 0.25) is 0 Å². The molecule has 5 atom stereocenters. The van der Waals surface area contributed by atoms with Crippen molar-refractivity contribution < 1.29 is 19.4 Å². The third-order valence-corrected chi connectivity index (χ3v) is 6.37. The number of hydrogen-bond acceptors (Lipinski definition) is 4. The second-order valence-corrected chi connectivity index (χ2v) is 8.01. The fourth-order valence-electron chi connectivity index (χ4n) is 5.69. The molecule has 20 heavy (non-hydrogen) atoms. The summed E-state index contributed by atoms with van der Waals surface area (Å²) in [5.74, 6) is -0.818. The fraction of sp³-hybridized carbons (Fsp3) is 0.938. The Balaban J connectivity index is 2.12. The number of esters is 1. The maximum absolute atomic E-state index is 12.4. The molecule has 1 saturated heterocycles. The van der Waals surface area contributed by atoms with Gasteiger partial charge >= 0.3 is 5.97 Å². The quantitative estimate of drug-likeness (QED) is 0.592. The molecule has 4 nitrogen and oxygen atoms in total. The van der Waals surface area contributed by atoms with E-state index in [0.29, 0.717) is 6.42 Å². The van der Waals surface area contributed by atoms with E-state index in [0.717, 1.165) is 19.3 Å². The minimum atomic E-state index is -1.06. The number of carbonyl (C=O) groups excluding carboxylic acids is 1. The average Bonchev–Trinajstić information content (AvgIpc) is 3.01. The second-order valence-electron chi connectivity index (χ2n) is 8.01. The maximum atomic E-state index is 12.4. The number of methoxy groups -OCH3 is 1. The predicted molar refractivity (Wildman–Crippen MR) is 74.1 cm³/mol. The first-order valence-corrected chi connectivity index (χ1v) is 7.60. The van der Waals surface area contributed by atoms with Gasteiger partial charge in [-0.3, -0.25) is 4.79 Å². The van der Waals surface area contributed by atoms with Crippen LogP contribution in [0.5, 0.6) is 0 Å². The largest absolute Gasteiger partial charge is 0.469 e. The minimum absolute atomic E-state index is 0.0352. The lowest BCUT2D eigenvalue weighted by atomic mass is 9.45. The molecule has 1 heterocycles. The van der Waals surface area contributed by atoms with Crippen molar-refractivity contribution in [2.24, 2.45) is 16.7 Å². The highest BCUT2D eigenvalue weighted by Gasteiger charge is 2.81. The van der Waals surface area contributed by atoms with Crippen LogP contribution < -0.4 is 0 Å². The van der Waals surface area contributed by atoms with Crippen molar-refractivity contribution in [1.29, 1.82) is 0 Å². The molecule has 3 rings (SSSR count). The third-order valence-electron chi connectivity index (χ3n) is 6.37. The van der Waals surface area contributed by atoms with E-state index < -0.39 is 11.5 Å². The summed E-state index contributed by atoms with van der Waals surface area (Å²) in [4.78, 5) is 12.4. The lowest BCUT2D eigenvalue weighted by Gasteiger charge is -2.57. The first-order chi connectivity index (χ1) is 9.12. The van der Waals surface area contributed by atoms with Crippen LogP contribution in [0.3, 0.4) is 0 Å². The first-order valence-electron chi connectivity index (χ1n) is 7.60. The van der Waals surface area contributed by atoms with Crippen LogP contribution in [0.25, 0.3) is 0 Å². The van der Waals surface area contributed by atoms with Crippen LogP contribution in [0.15, 0.2) is 0 Å². The third kappa shape index (κ3) is 1.42. The fourth-order valence-corrected chi connectivity index (χ4v) is 5.69. The van der Waals surface area contributed by atoms with Gasteiger partial charge in [0.25, 0.3) is 0 Å². The lowest BCUT2D eigenvalue weighted by molar-refractivity contribution is -0.187. The van der Waals surface area contributed by atoms with Crippen LogP contribution in [-0.4, -0.2) is 35.5 Å². The summed E-state index contributed by atoms with van der Waals surface area (Å²) in [6, 6.07) is 0. The smallest absolute Gasteiger partial charge is 0.312 e. The minimum Gasteiger partial charge on any atom is -0.469 e. The molecular formula is C16H26O4. The van der Waals surface area contributed by atoms with Crippen molar-refractivity contribution in [3.8, 4) is 0 Å². The van der Waals surface area contributed by atoms with Crippen molar-refractivity contribution in [2.45, 2.75) is 70.7 Å². The number of aliphatic hydroxyl groups is 1. The Kier molecular flexibility index (Phi) is 2.70. The number of rotatable bonds is 1. The molecule has 0 radical (unpaired) electrons. The van der Waals surface area contributed by atoms with Crippen molar-refractivity contribution in [1.82, 2.24) is 0 Å². The highest BCUT2D eigenvalue weighted by atomic mass is 16.6. The van der Waals surface area contributed by atoms with E-state index in [1.807, 2.05) is 0 Å². The van der Waals surface area contributed by atoms with Gasteiger partial charge in [-0.1, -0.05) is 27.2 Å². The SMILES string of the molecule is COC(=O)[C@H]1[C@](C)(O)C[C@@H]2O[C@@]23C(C)(C)CCC[C@]13C. The van der Waals surface area contributed by atoms with Gasteiger partial charge in [0.1, 0.15) is 5.60 Å². The van der Waals surface area contributed by atoms with Crippen LogP contribution in [-0.2, 0) is 14.3 Å². The van der Waals surface area contributed by atoms with Gasteiger partial charge in [0.2, 0.25) is 0 Å². The Morgan fingerprint density at radius 3 is 2.50 bits per heavy atom. The van der Waals surface area contributed by atoms with Gasteiger partial charge in [0, 0.05) is 11.8 Å². The molecule has 0 unspecified atom stereocenters. The molecule has 0 aromatic rings. The summed E-state index contributed by atoms with van der Waals surface area (Å²) in [5.41, 5.74) is -1.65. The summed E-state index contributed by atoms with van der Waals surface area (Å²) < 4.78 is 11.2. The van der Waals surface area contributed by atoms with E-state index in [9.17, 15) is 9.90 Å². The van der Waals surface area contributed by atoms with Crippen LogP contribution in [0, 0.1) is 16.7 Å². The zero-order chi connectivity index (χ0) is 15.0. The predicted octanol–water partition coefficient (Wildman–Crippen LogP) is 2.28. The number of carbonyl (C=O) groups is 1. The first kappa shape index (κ1) is 14.3. The average molecular weight is 282 g/mol. The van der Waals surface area contributed by atoms with Gasteiger partial charge in [0.05, 0.1) is 24.7 Å². The van der Waals surface area contributed by atoms with Crippen molar-refractivity contribution >= 4 is 5.97 Å². The molecule has 2 aliphatic carbocycles. The van der Waals surface area contributed by atoms with Gasteiger partial charge in [-0.15, -0.1) is 0 Å². The monoisotopic (exact) mass is 282 g/mol. The van der Waals surface area contributed by atoms with Crippen molar-refractivity contribution in [2.75, 3.05) is 7.11 Å². The normalized spacial score (nSPS) is 52.7. The number of epoxide rings is 1. The van der Waals surface area contributed by atoms with Gasteiger partial charge in [-0.05, 0) is 25.2 Å². The Labute approximate surface area is 120 Å². The molecule has 0 bridgehead atoms. The van der Waals surface area contributed by atoms with Gasteiger partial charge < -0.3 is 14.6 Å². The Morgan fingerprint density at radius 2 is 1.90 bits per heavy atom. The zero-order valence-corrected chi connectivity index (χ0v) is 13.2. The van der Waals surface area contributed by atoms with E-state index >= 15 is 0 Å². The molecule has 3 aliphatic rings. The van der Waals surface area contributed by atoms with Crippen LogP contribution in [0.1, 0.15) is 53.4 Å². The Hall–Kier alpha value is -0.610. The molecular weight excluding hydrogens is 256 g/mol. The molecule has 2 saturated carbocycles. The second kappa shape index (κ2) is 3.77. The molecule has 0 aromatic carbocycles. The van der Waals surface area contributed by atoms with Gasteiger partial charge in [0.15, 0.2) is 0 Å². The Morgan fingerprint density at radius 1 is 1.25 bits per heavy atom. The number of hydrogen-bond donors (Lipinski definition) is 1. The lowest BCUT2D eigenvalue weighted by Crippen LogP contribution is -2.65. The molecule has 1 N–H and O–H groups in total. The molecule has 114 valence electrons. The van der Waals surface area contributed by atoms with Gasteiger partial charge in [-0.2, -0.15) is 0 Å². The molecule has 1 spiro atoms. The summed E-state index contributed by atoms with van der Waals surface area (Å²) in [6.07, 6.45) is 3.66. The summed E-state index contributed by atoms with van der Waals surface area (Å²) in [5, 5.41) is 10.8. The Bertz CT molecular complexity index is 455. The summed E-state index contributed by atoms with van der Waals surface area (Å²) in [7, 11) is 1.41.